The SMILES string of the molecule is C[C@H](Oc1nc(N2CCCC3(CCN3C(=O)c3ccnn3C)C2)c2cc(Cl)c(-c3ccc(F)c4sc(N)c(C#N)c34)c(F)c2n1)[C@@H]1CCCN1C. The number of benzene rings is 2. The maximum atomic E-state index is 17.2. The van der Waals surface area contributed by atoms with E-state index < -0.39 is 17.2 Å². The van der Waals surface area contributed by atoms with Crippen LogP contribution in [0.25, 0.3) is 32.1 Å². The molecule has 5 aromatic rings. The summed E-state index contributed by atoms with van der Waals surface area (Å²) in [4.78, 5) is 29.5. The number of aryl methyl sites for hydroxylation is 1. The van der Waals surface area contributed by atoms with E-state index in [9.17, 15) is 14.4 Å². The van der Waals surface area contributed by atoms with Crippen LogP contribution in [0.5, 0.6) is 6.01 Å². The molecule has 0 bridgehead atoms. The van der Waals surface area contributed by atoms with Gasteiger partial charge in [0.25, 0.3) is 5.91 Å². The van der Waals surface area contributed by atoms with Gasteiger partial charge in [0.05, 0.1) is 20.8 Å². The Labute approximate surface area is 302 Å². The first-order chi connectivity index (χ1) is 24.5. The van der Waals surface area contributed by atoms with Gasteiger partial charge in [0.15, 0.2) is 5.82 Å². The first-order valence-electron chi connectivity index (χ1n) is 17.0. The second kappa shape index (κ2) is 12.6. The number of piperidine rings is 1. The highest BCUT2D eigenvalue weighted by Crippen LogP contribution is 2.47. The molecule has 3 atom stereocenters. The van der Waals surface area contributed by atoms with Gasteiger partial charge in [-0.1, -0.05) is 17.7 Å². The summed E-state index contributed by atoms with van der Waals surface area (Å²) in [5.74, 6) is -0.942. The van der Waals surface area contributed by atoms with Gasteiger partial charge < -0.3 is 20.3 Å². The molecule has 3 saturated heterocycles. The molecule has 0 saturated carbocycles. The highest BCUT2D eigenvalue weighted by atomic mass is 35.5. The smallest absolute Gasteiger partial charge is 0.319 e. The molecule has 1 amide bonds. The van der Waals surface area contributed by atoms with Crippen LogP contribution >= 0.6 is 22.9 Å². The van der Waals surface area contributed by atoms with Crippen molar-refractivity contribution in [2.24, 2.45) is 7.05 Å². The van der Waals surface area contributed by atoms with Gasteiger partial charge in [-0.05, 0) is 76.4 Å². The van der Waals surface area contributed by atoms with E-state index in [4.69, 9.17) is 27.1 Å². The fourth-order valence-corrected chi connectivity index (χ4v) is 9.52. The number of halogens is 3. The number of carbonyl (C=O) groups excluding carboxylic acids is 1. The number of fused-ring (bicyclic) bond motifs is 2. The van der Waals surface area contributed by atoms with E-state index in [-0.39, 0.29) is 66.4 Å². The molecule has 3 aromatic heterocycles. The molecule has 0 radical (unpaired) electrons. The zero-order valence-corrected chi connectivity index (χ0v) is 30.0. The normalized spacial score (nSPS) is 21.4. The summed E-state index contributed by atoms with van der Waals surface area (Å²) in [5.41, 5.74) is 6.44. The van der Waals surface area contributed by atoms with Crippen molar-refractivity contribution < 1.29 is 18.3 Å². The van der Waals surface area contributed by atoms with Crippen molar-refractivity contribution >= 4 is 60.7 Å². The average Bonchev–Trinajstić information content (AvgIpc) is 3.83. The van der Waals surface area contributed by atoms with Crippen LogP contribution in [0, 0.1) is 23.0 Å². The van der Waals surface area contributed by atoms with Crippen molar-refractivity contribution in [3.63, 3.8) is 0 Å². The van der Waals surface area contributed by atoms with Crippen LogP contribution in [-0.4, -0.2) is 86.4 Å². The number of likely N-dealkylation sites (tertiary alicyclic amines) is 2. The summed E-state index contributed by atoms with van der Waals surface area (Å²) in [6.07, 6.45) is 5.73. The molecule has 8 rings (SSSR count). The molecule has 2 N–H and O–H groups in total. The summed E-state index contributed by atoms with van der Waals surface area (Å²) < 4.78 is 40.3. The van der Waals surface area contributed by atoms with Crippen molar-refractivity contribution in [1.29, 1.82) is 5.26 Å². The average molecular weight is 732 g/mol. The number of anilines is 2. The third-order valence-electron chi connectivity index (χ3n) is 11.0. The zero-order valence-electron chi connectivity index (χ0n) is 28.4. The first kappa shape index (κ1) is 33.6. The van der Waals surface area contributed by atoms with E-state index in [1.54, 1.807) is 30.1 Å². The number of nitrogens with zero attached hydrogens (tertiary/aromatic N) is 8. The lowest BCUT2D eigenvalue weighted by Crippen LogP contribution is -2.68. The maximum Gasteiger partial charge on any atom is 0.319 e. The number of carbonyl (C=O) groups is 1. The molecule has 0 aliphatic carbocycles. The van der Waals surface area contributed by atoms with E-state index in [0.717, 1.165) is 50.0 Å². The van der Waals surface area contributed by atoms with Gasteiger partial charge in [-0.3, -0.25) is 14.4 Å². The number of nitrogen functional groups attached to an aromatic ring is 1. The number of likely N-dealkylation sites (N-methyl/N-ethyl adjacent to an activating group) is 1. The number of nitrogens with two attached hydrogens (primary N) is 1. The third-order valence-corrected chi connectivity index (χ3v) is 12.3. The number of hydrogen-bond acceptors (Lipinski definition) is 10. The fraction of sp³-hybridized carbons (Fsp3) is 0.417. The summed E-state index contributed by atoms with van der Waals surface area (Å²) in [7, 11) is 3.81. The topological polar surface area (TPSA) is 129 Å². The van der Waals surface area contributed by atoms with E-state index in [0.29, 0.717) is 36.5 Å². The van der Waals surface area contributed by atoms with Gasteiger partial charge in [-0.15, -0.1) is 11.3 Å². The summed E-state index contributed by atoms with van der Waals surface area (Å²) in [6, 6.07) is 8.20. The van der Waals surface area contributed by atoms with Crippen LogP contribution in [0.2, 0.25) is 5.02 Å². The predicted molar refractivity (Wildman–Crippen MR) is 193 cm³/mol. The fourth-order valence-electron chi connectivity index (χ4n) is 8.28. The monoisotopic (exact) mass is 731 g/mol. The Morgan fingerprint density at radius 2 is 2.00 bits per heavy atom. The number of hydrogen-bond donors (Lipinski definition) is 1. The summed E-state index contributed by atoms with van der Waals surface area (Å²) in [5, 5.41) is 14.9. The van der Waals surface area contributed by atoms with Gasteiger partial charge in [0.1, 0.15) is 40.0 Å². The van der Waals surface area contributed by atoms with E-state index in [2.05, 4.69) is 33.0 Å². The Kier molecular flexibility index (Phi) is 8.27. The second-order valence-corrected chi connectivity index (χ2v) is 15.3. The summed E-state index contributed by atoms with van der Waals surface area (Å²) in [6.45, 7) is 4.63. The molecular formula is C36H36ClF2N9O2S. The third kappa shape index (κ3) is 5.36. The van der Waals surface area contributed by atoms with Crippen molar-refractivity contribution in [2.45, 2.75) is 56.7 Å². The second-order valence-electron chi connectivity index (χ2n) is 13.8. The van der Waals surface area contributed by atoms with Crippen LogP contribution in [0.1, 0.15) is 55.1 Å². The highest BCUT2D eigenvalue weighted by molar-refractivity contribution is 7.23. The minimum Gasteiger partial charge on any atom is -0.459 e. The Bertz CT molecular complexity index is 2270. The summed E-state index contributed by atoms with van der Waals surface area (Å²) >= 11 is 7.87. The number of rotatable bonds is 6. The van der Waals surface area contributed by atoms with Gasteiger partial charge in [-0.25, -0.2) is 8.78 Å². The molecule has 6 heterocycles. The lowest BCUT2D eigenvalue weighted by atomic mass is 9.77. The Balaban J connectivity index is 1.26. The number of ether oxygens (including phenoxy) is 1. The van der Waals surface area contributed by atoms with Gasteiger partial charge >= 0.3 is 6.01 Å². The molecular weight excluding hydrogens is 696 g/mol. The molecule has 264 valence electrons. The molecule has 1 spiro atoms. The molecule has 15 heteroatoms. The minimum atomic E-state index is -0.749. The van der Waals surface area contributed by atoms with E-state index >= 15 is 4.39 Å². The molecule has 2 aromatic carbocycles. The van der Waals surface area contributed by atoms with E-state index in [1.807, 2.05) is 11.8 Å². The Morgan fingerprint density at radius 3 is 2.69 bits per heavy atom. The highest BCUT2D eigenvalue weighted by Gasteiger charge is 2.50. The van der Waals surface area contributed by atoms with Crippen LogP contribution < -0.4 is 15.4 Å². The zero-order chi connectivity index (χ0) is 35.8. The number of aromatic nitrogens is 4. The number of nitriles is 1. The minimum absolute atomic E-state index is 0.0170. The first-order valence-corrected chi connectivity index (χ1v) is 18.2. The van der Waals surface area contributed by atoms with Crippen molar-refractivity contribution in [3.8, 4) is 23.2 Å². The van der Waals surface area contributed by atoms with Gasteiger partial charge in [0.2, 0.25) is 0 Å². The predicted octanol–water partition coefficient (Wildman–Crippen LogP) is 6.38. The molecule has 3 fully saturated rings. The Hall–Kier alpha value is -4.58. The number of amides is 1. The largest absolute Gasteiger partial charge is 0.459 e. The molecule has 11 nitrogen and oxygen atoms in total. The van der Waals surface area contributed by atoms with E-state index in [1.165, 1.54) is 12.1 Å². The molecule has 51 heavy (non-hydrogen) atoms. The quantitative estimate of drug-likeness (QED) is 0.212. The van der Waals surface area contributed by atoms with Crippen LogP contribution in [-0.2, 0) is 7.05 Å². The van der Waals surface area contributed by atoms with Crippen LogP contribution in [0.4, 0.5) is 19.6 Å². The maximum absolute atomic E-state index is 17.2. The van der Waals surface area contributed by atoms with Gasteiger partial charge in [-0.2, -0.15) is 20.3 Å². The molecule has 3 aliphatic rings. The van der Waals surface area contributed by atoms with Crippen LogP contribution in [0.15, 0.2) is 30.5 Å². The molecule has 1 unspecified atom stereocenters. The lowest BCUT2D eigenvalue weighted by molar-refractivity contribution is -0.0111. The number of thiophene rings is 1. The lowest BCUT2D eigenvalue weighted by Gasteiger charge is -2.57. The van der Waals surface area contributed by atoms with Crippen molar-refractivity contribution in [3.05, 3.63) is 58.4 Å². The van der Waals surface area contributed by atoms with Crippen molar-refractivity contribution in [2.75, 3.05) is 43.9 Å². The standard InChI is InChI=1S/C36H36ClF2N9O2S/c1-19(25-6-4-13-45(25)2)50-35-43-30-21(16-23(37)28(29(30)39)20-7-8-24(38)31-27(20)22(17-40)32(41)51-31)33(44-35)47-14-5-10-36(18-47)11-15-48(36)34(49)26-9-12-42-46(26)3/h7-9,12,16,19,25H,4-6,10-11,13-15,18,41H2,1-3H3/t19-,25-,36?/m0/s1. The van der Waals surface area contributed by atoms with Crippen LogP contribution in [0.3, 0.4) is 0 Å². The van der Waals surface area contributed by atoms with Gasteiger partial charge in [0, 0.05) is 55.3 Å². The van der Waals surface area contributed by atoms with Crippen molar-refractivity contribution in [1.82, 2.24) is 29.5 Å². The Morgan fingerprint density at radius 1 is 1.18 bits per heavy atom. The molecule has 3 aliphatic heterocycles.